The number of nitrogens with zero attached hydrogens (tertiary/aromatic N) is 1. The number of hydrogen-bond donors (Lipinski definition) is 1. The molecule has 0 aliphatic rings. The van der Waals surface area contributed by atoms with E-state index < -0.39 is 5.91 Å². The lowest BCUT2D eigenvalue weighted by molar-refractivity contribution is -0.112. The van der Waals surface area contributed by atoms with Crippen LogP contribution in [0.1, 0.15) is 38.3 Å². The molecule has 5 nitrogen and oxygen atoms in total. The lowest BCUT2D eigenvalue weighted by atomic mass is 10.1. The smallest absolute Gasteiger partial charge is 0.266 e. The van der Waals surface area contributed by atoms with E-state index in [4.69, 9.17) is 9.47 Å². The molecule has 146 valence electrons. The van der Waals surface area contributed by atoms with E-state index in [1.807, 2.05) is 44.2 Å². The monoisotopic (exact) mass is 378 g/mol. The van der Waals surface area contributed by atoms with Crippen LogP contribution in [0, 0.1) is 11.3 Å². The van der Waals surface area contributed by atoms with E-state index in [1.165, 1.54) is 5.56 Å². The Hall–Kier alpha value is -3.26. The Balaban J connectivity index is 2.20. The Morgan fingerprint density at radius 3 is 2.43 bits per heavy atom. The molecule has 2 aromatic carbocycles. The maximum absolute atomic E-state index is 12.5. The van der Waals surface area contributed by atoms with Gasteiger partial charge in [-0.2, -0.15) is 5.26 Å². The highest BCUT2D eigenvalue weighted by atomic mass is 16.5. The molecule has 0 radical (unpaired) electrons. The SMILES string of the molecule is CCCOc1ccc(/C=C(\C#N)C(=O)Nc2ccc(CC)cc2)cc1OCC. The van der Waals surface area contributed by atoms with Gasteiger partial charge in [0, 0.05) is 5.69 Å². The van der Waals surface area contributed by atoms with E-state index in [0.717, 1.165) is 12.8 Å². The third-order valence-electron chi connectivity index (χ3n) is 4.03. The molecule has 2 rings (SSSR count). The Morgan fingerprint density at radius 2 is 1.82 bits per heavy atom. The lowest BCUT2D eigenvalue weighted by Crippen LogP contribution is -2.13. The van der Waals surface area contributed by atoms with E-state index in [2.05, 4.69) is 12.2 Å². The fraction of sp³-hybridized carbons (Fsp3) is 0.304. The number of carbonyl (C=O) groups excluding carboxylic acids is 1. The topological polar surface area (TPSA) is 71.3 Å². The summed E-state index contributed by atoms with van der Waals surface area (Å²) in [5.41, 5.74) is 2.55. The summed E-state index contributed by atoms with van der Waals surface area (Å²) in [7, 11) is 0. The molecule has 0 saturated heterocycles. The number of nitriles is 1. The van der Waals surface area contributed by atoms with Gasteiger partial charge >= 0.3 is 0 Å². The number of benzene rings is 2. The fourth-order valence-corrected chi connectivity index (χ4v) is 2.55. The molecule has 0 atom stereocenters. The van der Waals surface area contributed by atoms with Gasteiger partial charge in [0.05, 0.1) is 13.2 Å². The third-order valence-corrected chi connectivity index (χ3v) is 4.03. The van der Waals surface area contributed by atoms with Gasteiger partial charge in [-0.3, -0.25) is 4.79 Å². The molecule has 28 heavy (non-hydrogen) atoms. The van der Waals surface area contributed by atoms with Crippen molar-refractivity contribution in [3.8, 4) is 17.6 Å². The number of rotatable bonds is 9. The maximum atomic E-state index is 12.5. The molecule has 0 bridgehead atoms. The summed E-state index contributed by atoms with van der Waals surface area (Å²) < 4.78 is 11.3. The highest BCUT2D eigenvalue weighted by molar-refractivity contribution is 6.09. The molecule has 0 unspecified atom stereocenters. The first-order valence-electron chi connectivity index (χ1n) is 9.52. The Morgan fingerprint density at radius 1 is 1.07 bits per heavy atom. The van der Waals surface area contributed by atoms with Crippen molar-refractivity contribution >= 4 is 17.7 Å². The molecule has 5 heteroatoms. The molecule has 2 aromatic rings. The molecule has 1 N–H and O–H groups in total. The van der Waals surface area contributed by atoms with Crippen LogP contribution in [0.4, 0.5) is 5.69 Å². The van der Waals surface area contributed by atoms with Gasteiger partial charge in [0.2, 0.25) is 0 Å². The van der Waals surface area contributed by atoms with Crippen LogP contribution in [0.5, 0.6) is 11.5 Å². The number of anilines is 1. The first-order chi connectivity index (χ1) is 13.6. The average Bonchev–Trinajstić information content (AvgIpc) is 2.72. The standard InChI is InChI=1S/C23H26N2O3/c1-4-13-28-21-12-9-18(15-22(21)27-6-3)14-19(16-24)23(26)25-20-10-7-17(5-2)8-11-20/h7-12,14-15H,4-6,13H2,1-3H3,(H,25,26)/b19-14+. The highest BCUT2D eigenvalue weighted by Gasteiger charge is 2.11. The minimum absolute atomic E-state index is 0.0178. The van der Waals surface area contributed by atoms with E-state index in [1.54, 1.807) is 24.3 Å². The van der Waals surface area contributed by atoms with Gasteiger partial charge in [0.1, 0.15) is 11.6 Å². The summed E-state index contributed by atoms with van der Waals surface area (Å²) in [5, 5.41) is 12.2. The first-order valence-corrected chi connectivity index (χ1v) is 9.52. The Labute approximate surface area is 166 Å². The number of amides is 1. The maximum Gasteiger partial charge on any atom is 0.266 e. The summed E-state index contributed by atoms with van der Waals surface area (Å²) in [4.78, 5) is 12.5. The van der Waals surface area contributed by atoms with Crippen molar-refractivity contribution in [3.05, 3.63) is 59.2 Å². The van der Waals surface area contributed by atoms with Crippen molar-refractivity contribution in [2.75, 3.05) is 18.5 Å². The Kier molecular flexibility index (Phi) is 8.11. The summed E-state index contributed by atoms with van der Waals surface area (Å²) >= 11 is 0. The van der Waals surface area contributed by atoms with Crippen molar-refractivity contribution in [1.82, 2.24) is 0 Å². The summed E-state index contributed by atoms with van der Waals surface area (Å²) in [6.07, 6.45) is 3.37. The van der Waals surface area contributed by atoms with Gasteiger partial charge in [-0.25, -0.2) is 0 Å². The second kappa shape index (κ2) is 10.8. The average molecular weight is 378 g/mol. The minimum atomic E-state index is -0.448. The van der Waals surface area contributed by atoms with Gasteiger partial charge < -0.3 is 14.8 Å². The lowest BCUT2D eigenvalue weighted by Gasteiger charge is -2.12. The molecule has 0 spiro atoms. The van der Waals surface area contributed by atoms with Crippen LogP contribution in [-0.2, 0) is 11.2 Å². The van der Waals surface area contributed by atoms with Gasteiger partial charge in [0.25, 0.3) is 5.91 Å². The first kappa shape index (κ1) is 21.0. The summed E-state index contributed by atoms with van der Waals surface area (Å²) in [6, 6.07) is 14.9. The van der Waals surface area contributed by atoms with E-state index >= 15 is 0 Å². The highest BCUT2D eigenvalue weighted by Crippen LogP contribution is 2.29. The predicted octanol–water partition coefficient (Wildman–Crippen LogP) is 4.98. The van der Waals surface area contributed by atoms with Gasteiger partial charge in [-0.15, -0.1) is 0 Å². The van der Waals surface area contributed by atoms with Crippen LogP contribution in [0.15, 0.2) is 48.0 Å². The number of carbonyl (C=O) groups is 1. The van der Waals surface area contributed by atoms with Gasteiger partial charge in [0.15, 0.2) is 11.5 Å². The van der Waals surface area contributed by atoms with Crippen LogP contribution in [0.2, 0.25) is 0 Å². The molecule has 0 fully saturated rings. The normalized spacial score (nSPS) is 10.9. The third kappa shape index (κ3) is 5.88. The Bertz CT molecular complexity index is 864. The van der Waals surface area contributed by atoms with Crippen LogP contribution in [0.3, 0.4) is 0 Å². The van der Waals surface area contributed by atoms with Crippen molar-refractivity contribution in [2.45, 2.75) is 33.6 Å². The van der Waals surface area contributed by atoms with Crippen molar-refractivity contribution in [2.24, 2.45) is 0 Å². The molecule has 0 aromatic heterocycles. The zero-order valence-electron chi connectivity index (χ0n) is 16.6. The minimum Gasteiger partial charge on any atom is -0.490 e. The largest absolute Gasteiger partial charge is 0.490 e. The molecule has 0 aliphatic heterocycles. The van der Waals surface area contributed by atoms with Gasteiger partial charge in [-0.05, 0) is 61.2 Å². The zero-order chi connectivity index (χ0) is 20.4. The van der Waals surface area contributed by atoms with Crippen LogP contribution < -0.4 is 14.8 Å². The van der Waals surface area contributed by atoms with Crippen LogP contribution in [0.25, 0.3) is 6.08 Å². The number of hydrogen-bond acceptors (Lipinski definition) is 4. The number of ether oxygens (including phenoxy) is 2. The second-order valence-electron chi connectivity index (χ2n) is 6.16. The zero-order valence-corrected chi connectivity index (χ0v) is 16.6. The van der Waals surface area contributed by atoms with Crippen LogP contribution >= 0.6 is 0 Å². The van der Waals surface area contributed by atoms with Crippen molar-refractivity contribution in [1.29, 1.82) is 5.26 Å². The molecular formula is C23H26N2O3. The summed E-state index contributed by atoms with van der Waals surface area (Å²) in [6.45, 7) is 7.08. The van der Waals surface area contributed by atoms with Crippen molar-refractivity contribution < 1.29 is 14.3 Å². The molecule has 0 aliphatic carbocycles. The van der Waals surface area contributed by atoms with Crippen molar-refractivity contribution in [3.63, 3.8) is 0 Å². The van der Waals surface area contributed by atoms with E-state index in [0.29, 0.717) is 36.0 Å². The predicted molar refractivity (Wildman–Crippen MR) is 111 cm³/mol. The molecule has 0 saturated carbocycles. The number of nitrogens with one attached hydrogen (secondary N) is 1. The molecule has 0 heterocycles. The summed E-state index contributed by atoms with van der Waals surface area (Å²) in [5.74, 6) is 0.799. The van der Waals surface area contributed by atoms with Gasteiger partial charge in [-0.1, -0.05) is 32.0 Å². The molecule has 1 amide bonds. The number of aryl methyl sites for hydroxylation is 1. The van der Waals surface area contributed by atoms with E-state index in [9.17, 15) is 10.1 Å². The molecular weight excluding hydrogens is 352 g/mol. The quantitative estimate of drug-likeness (QED) is 0.493. The second-order valence-corrected chi connectivity index (χ2v) is 6.16. The van der Waals surface area contributed by atoms with Crippen LogP contribution in [-0.4, -0.2) is 19.1 Å². The van der Waals surface area contributed by atoms with E-state index in [-0.39, 0.29) is 5.57 Å². The fourth-order valence-electron chi connectivity index (χ4n) is 2.55.